The lowest BCUT2D eigenvalue weighted by Crippen LogP contribution is -2.41. The first-order chi connectivity index (χ1) is 14.4. The molecule has 8 heteroatoms. The maximum Gasteiger partial charge on any atom is 0.330 e. The fraction of sp³-hybridized carbons (Fsp3) is 0.591. The van der Waals surface area contributed by atoms with Crippen molar-refractivity contribution in [1.82, 2.24) is 9.55 Å². The van der Waals surface area contributed by atoms with Crippen molar-refractivity contribution in [2.24, 2.45) is 5.92 Å². The van der Waals surface area contributed by atoms with Crippen LogP contribution in [0.2, 0.25) is 0 Å². The summed E-state index contributed by atoms with van der Waals surface area (Å²) in [6.45, 7) is 6.93. The van der Waals surface area contributed by atoms with Gasteiger partial charge < -0.3 is 5.73 Å². The lowest BCUT2D eigenvalue weighted by molar-refractivity contribution is 0.0990. The number of aromatic nitrogens is 2. The number of carbonyl (C=O) groups excluding carboxylic acids is 1. The summed E-state index contributed by atoms with van der Waals surface area (Å²) in [6, 6.07) is 2.00. The van der Waals surface area contributed by atoms with Crippen LogP contribution in [-0.2, 0) is 19.4 Å². The average molecular weight is 433 g/mol. The third-order valence-corrected chi connectivity index (χ3v) is 7.11. The monoisotopic (exact) mass is 432 g/mol. The van der Waals surface area contributed by atoms with E-state index in [1.54, 1.807) is 0 Å². The summed E-state index contributed by atoms with van der Waals surface area (Å²) < 4.78 is 1.34. The number of fused-ring (bicyclic) bond motifs is 1. The van der Waals surface area contributed by atoms with Gasteiger partial charge in [0.25, 0.3) is 11.5 Å². The number of nitrogens with zero attached hydrogens (tertiary/aromatic N) is 2. The molecule has 0 aliphatic heterocycles. The smallest absolute Gasteiger partial charge is 0.330 e. The molecule has 1 unspecified atom stereocenters. The van der Waals surface area contributed by atoms with E-state index in [0.29, 0.717) is 30.3 Å². The molecule has 2 heterocycles. The molecule has 1 aliphatic rings. The van der Waals surface area contributed by atoms with E-state index in [1.165, 1.54) is 31.2 Å². The minimum atomic E-state index is -0.610. The van der Waals surface area contributed by atoms with Crippen LogP contribution in [0.15, 0.2) is 15.7 Å². The minimum Gasteiger partial charge on any atom is -0.383 e. The lowest BCUT2D eigenvalue weighted by atomic mass is 9.87. The van der Waals surface area contributed by atoms with Gasteiger partial charge in [-0.2, -0.15) is 0 Å². The van der Waals surface area contributed by atoms with Crippen LogP contribution in [0.4, 0.5) is 11.5 Å². The molecule has 30 heavy (non-hydrogen) atoms. The standard InChI is InChI=1S/C22H32N4O3S/c1-4-7-11-25(18-19(23)26(10-5-2)22(29)24-20(18)27)21(28)17-13-15-12-14(6-3)8-9-16(15)30-17/h13-14H,4-12,23H2,1-3H3,(H,24,27,29). The van der Waals surface area contributed by atoms with Crippen molar-refractivity contribution in [1.29, 1.82) is 0 Å². The first-order valence-corrected chi connectivity index (χ1v) is 11.8. The summed E-state index contributed by atoms with van der Waals surface area (Å²) in [5, 5.41) is 0. The van der Waals surface area contributed by atoms with E-state index >= 15 is 0 Å². The molecule has 7 nitrogen and oxygen atoms in total. The molecule has 0 radical (unpaired) electrons. The average Bonchev–Trinajstić information content (AvgIpc) is 3.16. The van der Waals surface area contributed by atoms with Gasteiger partial charge in [0.2, 0.25) is 0 Å². The zero-order chi connectivity index (χ0) is 21.8. The van der Waals surface area contributed by atoms with Crippen molar-refractivity contribution < 1.29 is 4.79 Å². The van der Waals surface area contributed by atoms with Crippen molar-refractivity contribution in [3.63, 3.8) is 0 Å². The third-order valence-electron chi connectivity index (χ3n) is 5.88. The third kappa shape index (κ3) is 4.38. The van der Waals surface area contributed by atoms with Gasteiger partial charge in [0.15, 0.2) is 5.69 Å². The molecule has 3 rings (SSSR count). The molecule has 3 N–H and O–H groups in total. The first-order valence-electron chi connectivity index (χ1n) is 11.0. The molecule has 1 atom stereocenters. The Labute approximate surface area is 180 Å². The summed E-state index contributed by atoms with van der Waals surface area (Å²) in [4.78, 5) is 44.1. The second kappa shape index (κ2) is 9.64. The maximum absolute atomic E-state index is 13.5. The normalized spacial score (nSPS) is 15.8. The van der Waals surface area contributed by atoms with Crippen LogP contribution in [0.25, 0.3) is 0 Å². The van der Waals surface area contributed by atoms with Crippen LogP contribution < -0.4 is 21.9 Å². The summed E-state index contributed by atoms with van der Waals surface area (Å²) >= 11 is 1.53. The Balaban J connectivity index is 2.03. The number of aryl methyl sites for hydroxylation is 1. The van der Waals surface area contributed by atoms with Crippen molar-refractivity contribution in [2.45, 2.75) is 72.3 Å². The van der Waals surface area contributed by atoms with E-state index in [9.17, 15) is 14.4 Å². The van der Waals surface area contributed by atoms with E-state index in [0.717, 1.165) is 38.5 Å². The molecule has 2 aromatic rings. The number of hydrogen-bond donors (Lipinski definition) is 2. The van der Waals surface area contributed by atoms with Gasteiger partial charge >= 0.3 is 5.69 Å². The van der Waals surface area contributed by atoms with Crippen LogP contribution >= 0.6 is 11.3 Å². The fourth-order valence-electron chi connectivity index (χ4n) is 4.10. The molecular formula is C22H32N4O3S. The first kappa shape index (κ1) is 22.3. The zero-order valence-corrected chi connectivity index (χ0v) is 18.9. The lowest BCUT2D eigenvalue weighted by Gasteiger charge is -2.24. The van der Waals surface area contributed by atoms with Crippen LogP contribution in [0.5, 0.6) is 0 Å². The summed E-state index contributed by atoms with van der Waals surface area (Å²) in [5.74, 6) is 0.513. The van der Waals surface area contributed by atoms with Crippen molar-refractivity contribution in [3.05, 3.63) is 42.2 Å². The number of carbonyl (C=O) groups is 1. The van der Waals surface area contributed by atoms with Gasteiger partial charge in [0.1, 0.15) is 5.82 Å². The Morgan fingerprint density at radius 3 is 2.73 bits per heavy atom. The van der Waals surface area contributed by atoms with E-state index in [4.69, 9.17) is 5.73 Å². The van der Waals surface area contributed by atoms with Gasteiger partial charge in [-0.15, -0.1) is 11.3 Å². The Morgan fingerprint density at radius 1 is 1.30 bits per heavy atom. The van der Waals surface area contributed by atoms with E-state index in [2.05, 4.69) is 11.9 Å². The van der Waals surface area contributed by atoms with Crippen LogP contribution in [0, 0.1) is 5.92 Å². The van der Waals surface area contributed by atoms with Gasteiger partial charge in [-0.1, -0.05) is 33.6 Å². The number of nitrogens with two attached hydrogens (primary N) is 1. The largest absolute Gasteiger partial charge is 0.383 e. The number of hydrogen-bond acceptors (Lipinski definition) is 5. The fourth-order valence-corrected chi connectivity index (χ4v) is 5.26. The second-order valence-corrected chi connectivity index (χ2v) is 9.17. The highest BCUT2D eigenvalue weighted by atomic mass is 32.1. The SMILES string of the molecule is CCCCN(C(=O)c1cc2c(s1)CCC(CC)C2)c1c(N)n(CCC)c(=O)[nH]c1=O. The number of unbranched alkanes of at least 4 members (excludes halogenated alkanes) is 1. The molecule has 0 fully saturated rings. The predicted molar refractivity (Wildman–Crippen MR) is 123 cm³/mol. The second-order valence-electron chi connectivity index (χ2n) is 8.03. The highest BCUT2D eigenvalue weighted by Crippen LogP contribution is 2.34. The van der Waals surface area contributed by atoms with Crippen molar-refractivity contribution in [2.75, 3.05) is 17.2 Å². The quantitative estimate of drug-likeness (QED) is 0.666. The van der Waals surface area contributed by atoms with Crippen molar-refractivity contribution in [3.8, 4) is 0 Å². The minimum absolute atomic E-state index is 0.0578. The molecular weight excluding hydrogens is 400 g/mol. The molecule has 164 valence electrons. The number of H-pyrrole nitrogens is 1. The molecule has 0 aromatic carbocycles. The highest BCUT2D eigenvalue weighted by molar-refractivity contribution is 7.14. The van der Waals surface area contributed by atoms with E-state index in [1.807, 2.05) is 19.9 Å². The van der Waals surface area contributed by atoms with Gasteiger partial charge in [-0.05, 0) is 49.7 Å². The zero-order valence-electron chi connectivity index (χ0n) is 18.1. The Morgan fingerprint density at radius 2 is 2.07 bits per heavy atom. The number of amides is 1. The maximum atomic E-state index is 13.5. The van der Waals surface area contributed by atoms with Gasteiger partial charge in [-0.3, -0.25) is 24.0 Å². The Bertz CT molecular complexity index is 1020. The number of nitrogen functional groups attached to an aromatic ring is 1. The molecule has 0 saturated carbocycles. The molecule has 1 amide bonds. The Hall–Kier alpha value is -2.35. The molecule has 0 saturated heterocycles. The number of aromatic amines is 1. The van der Waals surface area contributed by atoms with E-state index < -0.39 is 11.2 Å². The molecule has 2 aromatic heterocycles. The van der Waals surface area contributed by atoms with E-state index in [-0.39, 0.29) is 17.4 Å². The molecule has 1 aliphatic carbocycles. The van der Waals surface area contributed by atoms with Crippen LogP contribution in [-0.4, -0.2) is 22.0 Å². The number of nitrogens with one attached hydrogen (secondary N) is 1. The van der Waals surface area contributed by atoms with Gasteiger partial charge in [0, 0.05) is 18.0 Å². The molecule has 0 spiro atoms. The van der Waals surface area contributed by atoms with Crippen LogP contribution in [0.3, 0.4) is 0 Å². The van der Waals surface area contributed by atoms with Crippen LogP contribution in [0.1, 0.15) is 73.0 Å². The number of rotatable bonds is 8. The topological polar surface area (TPSA) is 101 Å². The number of anilines is 2. The van der Waals surface area contributed by atoms with Gasteiger partial charge in [0.05, 0.1) is 4.88 Å². The predicted octanol–water partition coefficient (Wildman–Crippen LogP) is 3.55. The highest BCUT2D eigenvalue weighted by Gasteiger charge is 2.28. The Kier molecular flexibility index (Phi) is 7.18. The van der Waals surface area contributed by atoms with Crippen molar-refractivity contribution >= 4 is 28.7 Å². The summed E-state index contributed by atoms with van der Waals surface area (Å²) in [6.07, 6.45) is 6.61. The summed E-state index contributed by atoms with van der Waals surface area (Å²) in [7, 11) is 0. The molecule has 0 bridgehead atoms. The van der Waals surface area contributed by atoms with Gasteiger partial charge in [-0.25, -0.2) is 4.79 Å². The summed E-state index contributed by atoms with van der Waals surface area (Å²) in [5.41, 5.74) is 6.44. The number of thiophene rings is 1.